The number of anilines is 2. The molecule has 1 fully saturated rings. The average Bonchev–Trinajstić information content (AvgIpc) is 2.49. The van der Waals surface area contributed by atoms with Crippen LogP contribution in [0.5, 0.6) is 0 Å². The highest BCUT2D eigenvalue weighted by Gasteiger charge is 2.18. The number of pyridine rings is 1. The Balaban J connectivity index is 1.90. The van der Waals surface area contributed by atoms with Crippen LogP contribution in [0.25, 0.3) is 10.9 Å². The van der Waals surface area contributed by atoms with Crippen molar-refractivity contribution < 1.29 is 4.74 Å². The lowest BCUT2D eigenvalue weighted by molar-refractivity contribution is 0.0576. The van der Waals surface area contributed by atoms with Gasteiger partial charge in [-0.2, -0.15) is 0 Å². The number of hydrogen-bond acceptors (Lipinski definition) is 4. The number of hydrogen-bond donors (Lipinski definition) is 1. The Morgan fingerprint density at radius 1 is 1.48 bits per heavy atom. The lowest BCUT2D eigenvalue weighted by atomic mass is 10.0. The third-order valence-corrected chi connectivity index (χ3v) is 4.46. The number of benzene rings is 1. The Morgan fingerprint density at radius 2 is 2.33 bits per heavy atom. The molecule has 1 aromatic heterocycles. The third kappa shape index (κ3) is 3.14. The fourth-order valence-electron chi connectivity index (χ4n) is 2.95. The summed E-state index contributed by atoms with van der Waals surface area (Å²) in [5.41, 5.74) is 8.92. The van der Waals surface area contributed by atoms with Crippen LogP contribution in [-0.4, -0.2) is 31.8 Å². The van der Waals surface area contributed by atoms with Crippen LogP contribution < -0.4 is 10.6 Å². The van der Waals surface area contributed by atoms with Gasteiger partial charge in [0, 0.05) is 41.9 Å². The van der Waals surface area contributed by atoms with Crippen LogP contribution >= 0.6 is 15.9 Å². The predicted octanol–water partition coefficient (Wildman–Crippen LogP) is 3.44. The van der Waals surface area contributed by atoms with Gasteiger partial charge in [-0.15, -0.1) is 0 Å². The second-order valence-electron chi connectivity index (χ2n) is 5.69. The SMILES string of the molecule is CN(CC1CCCOC1)c1ccc(N)c2cc(Br)cnc12. The summed E-state index contributed by atoms with van der Waals surface area (Å²) in [5.74, 6) is 0.590. The van der Waals surface area contributed by atoms with Crippen molar-refractivity contribution in [1.82, 2.24) is 4.98 Å². The summed E-state index contributed by atoms with van der Waals surface area (Å²) in [6.07, 6.45) is 4.21. The van der Waals surface area contributed by atoms with Crippen LogP contribution in [0.2, 0.25) is 0 Å². The fourth-order valence-corrected chi connectivity index (χ4v) is 3.28. The minimum absolute atomic E-state index is 0.590. The van der Waals surface area contributed by atoms with Gasteiger partial charge in [-0.3, -0.25) is 4.98 Å². The van der Waals surface area contributed by atoms with Crippen LogP contribution in [0.15, 0.2) is 28.9 Å². The first-order valence-electron chi connectivity index (χ1n) is 7.28. The average molecular weight is 350 g/mol. The van der Waals surface area contributed by atoms with Crippen molar-refractivity contribution >= 4 is 38.2 Å². The van der Waals surface area contributed by atoms with Gasteiger partial charge in [0.15, 0.2) is 0 Å². The van der Waals surface area contributed by atoms with E-state index in [1.54, 1.807) is 0 Å². The molecule has 3 rings (SSSR count). The molecule has 0 radical (unpaired) electrons. The van der Waals surface area contributed by atoms with Crippen LogP contribution in [0.4, 0.5) is 11.4 Å². The zero-order valence-electron chi connectivity index (χ0n) is 12.2. The molecule has 1 saturated heterocycles. The van der Waals surface area contributed by atoms with Crippen LogP contribution in [-0.2, 0) is 4.74 Å². The minimum Gasteiger partial charge on any atom is -0.398 e. The molecule has 5 heteroatoms. The van der Waals surface area contributed by atoms with E-state index in [0.29, 0.717) is 5.92 Å². The number of nitrogen functional groups attached to an aromatic ring is 1. The molecule has 2 N–H and O–H groups in total. The number of fused-ring (bicyclic) bond motifs is 1. The van der Waals surface area contributed by atoms with E-state index in [1.165, 1.54) is 6.42 Å². The molecule has 112 valence electrons. The molecule has 2 aromatic rings. The largest absolute Gasteiger partial charge is 0.398 e. The summed E-state index contributed by atoms with van der Waals surface area (Å²) in [6.45, 7) is 2.74. The van der Waals surface area contributed by atoms with Gasteiger partial charge < -0.3 is 15.4 Å². The molecular weight excluding hydrogens is 330 g/mol. The first-order chi connectivity index (χ1) is 10.1. The number of ether oxygens (including phenoxy) is 1. The van der Waals surface area contributed by atoms with Gasteiger partial charge in [0.05, 0.1) is 17.8 Å². The monoisotopic (exact) mass is 349 g/mol. The summed E-state index contributed by atoms with van der Waals surface area (Å²) in [6, 6.07) is 6.04. The van der Waals surface area contributed by atoms with E-state index in [1.807, 2.05) is 18.3 Å². The first-order valence-corrected chi connectivity index (χ1v) is 8.07. The molecule has 0 bridgehead atoms. The summed E-state index contributed by atoms with van der Waals surface area (Å²) >= 11 is 3.46. The van der Waals surface area contributed by atoms with Gasteiger partial charge in [0.1, 0.15) is 0 Å². The molecule has 4 nitrogen and oxygen atoms in total. The number of rotatable bonds is 3. The van der Waals surface area contributed by atoms with E-state index in [0.717, 1.165) is 52.9 Å². The quantitative estimate of drug-likeness (QED) is 0.862. The second kappa shape index (κ2) is 6.20. The molecule has 0 spiro atoms. The van der Waals surface area contributed by atoms with Crippen LogP contribution in [0.3, 0.4) is 0 Å². The number of nitrogens with zero attached hydrogens (tertiary/aromatic N) is 2. The maximum Gasteiger partial charge on any atom is 0.0956 e. The van der Waals surface area contributed by atoms with Gasteiger partial charge in [-0.05, 0) is 52.9 Å². The number of nitrogens with two attached hydrogens (primary N) is 1. The normalized spacial score (nSPS) is 18.9. The predicted molar refractivity (Wildman–Crippen MR) is 90.7 cm³/mol. The van der Waals surface area contributed by atoms with Crippen molar-refractivity contribution in [2.75, 3.05) is 37.4 Å². The molecule has 0 aliphatic carbocycles. The fraction of sp³-hybridized carbons (Fsp3) is 0.438. The second-order valence-corrected chi connectivity index (χ2v) is 6.60. The zero-order chi connectivity index (χ0) is 14.8. The Morgan fingerprint density at radius 3 is 3.10 bits per heavy atom. The lowest BCUT2D eigenvalue weighted by Gasteiger charge is -2.29. The highest BCUT2D eigenvalue weighted by Crippen LogP contribution is 2.31. The van der Waals surface area contributed by atoms with Crippen molar-refractivity contribution in [3.63, 3.8) is 0 Å². The molecular formula is C16H20BrN3O. The van der Waals surface area contributed by atoms with E-state index in [9.17, 15) is 0 Å². The van der Waals surface area contributed by atoms with Gasteiger partial charge >= 0.3 is 0 Å². The molecule has 1 unspecified atom stereocenters. The Kier molecular flexibility index (Phi) is 4.31. The Hall–Kier alpha value is -1.33. The van der Waals surface area contributed by atoms with E-state index in [2.05, 4.69) is 38.9 Å². The Labute approximate surface area is 133 Å². The van der Waals surface area contributed by atoms with Crippen LogP contribution in [0, 0.1) is 5.92 Å². The smallest absolute Gasteiger partial charge is 0.0956 e. The van der Waals surface area contributed by atoms with E-state index in [4.69, 9.17) is 10.5 Å². The first kappa shape index (κ1) is 14.6. The third-order valence-electron chi connectivity index (χ3n) is 4.03. The van der Waals surface area contributed by atoms with Gasteiger partial charge in [-0.1, -0.05) is 0 Å². The van der Waals surface area contributed by atoms with E-state index < -0.39 is 0 Å². The molecule has 2 heterocycles. The highest BCUT2D eigenvalue weighted by molar-refractivity contribution is 9.10. The van der Waals surface area contributed by atoms with Crippen molar-refractivity contribution in [3.8, 4) is 0 Å². The lowest BCUT2D eigenvalue weighted by Crippen LogP contribution is -2.31. The minimum atomic E-state index is 0.590. The highest BCUT2D eigenvalue weighted by atomic mass is 79.9. The van der Waals surface area contributed by atoms with Crippen molar-refractivity contribution in [2.24, 2.45) is 5.92 Å². The molecule has 0 amide bonds. The van der Waals surface area contributed by atoms with Crippen molar-refractivity contribution in [2.45, 2.75) is 12.8 Å². The van der Waals surface area contributed by atoms with Crippen molar-refractivity contribution in [1.29, 1.82) is 0 Å². The summed E-state index contributed by atoms with van der Waals surface area (Å²) in [5, 5.41) is 0.994. The molecule has 1 aliphatic rings. The van der Waals surface area contributed by atoms with Crippen LogP contribution in [0.1, 0.15) is 12.8 Å². The molecule has 1 atom stereocenters. The summed E-state index contributed by atoms with van der Waals surface area (Å²) < 4.78 is 6.52. The number of aromatic nitrogens is 1. The van der Waals surface area contributed by atoms with Gasteiger partial charge in [0.2, 0.25) is 0 Å². The molecule has 1 aromatic carbocycles. The standard InChI is InChI=1S/C16H20BrN3O/c1-20(9-11-3-2-6-21-10-11)15-5-4-14(18)13-7-12(17)8-19-16(13)15/h4-5,7-8,11H,2-3,6,9-10,18H2,1H3. The Bertz CT molecular complexity index is 641. The summed E-state index contributed by atoms with van der Waals surface area (Å²) in [7, 11) is 2.11. The maximum absolute atomic E-state index is 6.08. The topological polar surface area (TPSA) is 51.4 Å². The van der Waals surface area contributed by atoms with E-state index in [-0.39, 0.29) is 0 Å². The number of halogens is 1. The van der Waals surface area contributed by atoms with Gasteiger partial charge in [-0.25, -0.2) is 0 Å². The molecule has 1 aliphatic heterocycles. The van der Waals surface area contributed by atoms with E-state index >= 15 is 0 Å². The zero-order valence-corrected chi connectivity index (χ0v) is 13.8. The van der Waals surface area contributed by atoms with Gasteiger partial charge in [0.25, 0.3) is 0 Å². The molecule has 0 saturated carbocycles. The maximum atomic E-state index is 6.08. The summed E-state index contributed by atoms with van der Waals surface area (Å²) in [4.78, 5) is 6.82. The van der Waals surface area contributed by atoms with Crippen molar-refractivity contribution in [3.05, 3.63) is 28.9 Å². The molecule has 21 heavy (non-hydrogen) atoms.